The molecule has 1 aromatic rings. The smallest absolute Gasteiger partial charge is 0.123 e. The highest BCUT2D eigenvalue weighted by Crippen LogP contribution is 2.33. The first-order valence-electron chi connectivity index (χ1n) is 6.48. The molecule has 0 amide bonds. The van der Waals surface area contributed by atoms with E-state index in [0.29, 0.717) is 0 Å². The van der Waals surface area contributed by atoms with Crippen LogP contribution in [0.3, 0.4) is 0 Å². The Labute approximate surface area is 110 Å². The van der Waals surface area contributed by atoms with Gasteiger partial charge in [-0.15, -0.1) is 0 Å². The second-order valence-electron chi connectivity index (χ2n) is 4.94. The number of para-hydroxylation sites is 1. The van der Waals surface area contributed by atoms with E-state index in [4.69, 9.17) is 9.47 Å². The van der Waals surface area contributed by atoms with Crippen molar-refractivity contribution in [2.24, 2.45) is 0 Å². The predicted molar refractivity (Wildman–Crippen MR) is 75.1 cm³/mol. The summed E-state index contributed by atoms with van der Waals surface area (Å²) in [6.07, 6.45) is 1.09. The third-order valence-corrected chi connectivity index (χ3v) is 3.27. The SMILES string of the molecule is CCCNC(c1ccccc1OC)C(C)(C)OC. The quantitative estimate of drug-likeness (QED) is 0.807. The van der Waals surface area contributed by atoms with Gasteiger partial charge in [-0.2, -0.15) is 0 Å². The molecule has 1 N–H and O–H groups in total. The molecule has 3 nitrogen and oxygen atoms in total. The molecule has 0 aliphatic heterocycles. The van der Waals surface area contributed by atoms with Crippen LogP contribution in [-0.4, -0.2) is 26.4 Å². The van der Waals surface area contributed by atoms with E-state index in [9.17, 15) is 0 Å². The molecule has 18 heavy (non-hydrogen) atoms. The molecule has 0 heterocycles. The molecular weight excluding hydrogens is 226 g/mol. The molecule has 0 spiro atoms. The van der Waals surface area contributed by atoms with E-state index < -0.39 is 0 Å². The Bertz CT molecular complexity index is 363. The van der Waals surface area contributed by atoms with Crippen LogP contribution in [0.1, 0.15) is 38.8 Å². The number of ether oxygens (including phenoxy) is 2. The fourth-order valence-electron chi connectivity index (χ4n) is 2.04. The van der Waals surface area contributed by atoms with Crippen LogP contribution in [0.2, 0.25) is 0 Å². The lowest BCUT2D eigenvalue weighted by molar-refractivity contribution is -0.0116. The third kappa shape index (κ3) is 3.47. The van der Waals surface area contributed by atoms with Gasteiger partial charge in [-0.25, -0.2) is 0 Å². The van der Waals surface area contributed by atoms with Gasteiger partial charge in [0.2, 0.25) is 0 Å². The average Bonchev–Trinajstić information content (AvgIpc) is 2.39. The minimum Gasteiger partial charge on any atom is -0.496 e. The summed E-state index contributed by atoms with van der Waals surface area (Å²) in [6, 6.07) is 8.20. The van der Waals surface area contributed by atoms with Crippen LogP contribution in [0.15, 0.2) is 24.3 Å². The first kappa shape index (κ1) is 15.0. The summed E-state index contributed by atoms with van der Waals surface area (Å²) >= 11 is 0. The molecule has 0 radical (unpaired) electrons. The van der Waals surface area contributed by atoms with Crippen molar-refractivity contribution < 1.29 is 9.47 Å². The van der Waals surface area contributed by atoms with Crippen LogP contribution >= 0.6 is 0 Å². The lowest BCUT2D eigenvalue weighted by Crippen LogP contribution is -2.41. The fraction of sp³-hybridized carbons (Fsp3) is 0.600. The fourth-order valence-corrected chi connectivity index (χ4v) is 2.04. The standard InChI is InChI=1S/C15H25NO2/c1-6-11-16-14(15(2,3)18-5)12-9-7-8-10-13(12)17-4/h7-10,14,16H,6,11H2,1-5H3. The first-order valence-corrected chi connectivity index (χ1v) is 6.48. The zero-order valence-electron chi connectivity index (χ0n) is 12.1. The summed E-state index contributed by atoms with van der Waals surface area (Å²) < 4.78 is 11.1. The largest absolute Gasteiger partial charge is 0.496 e. The molecule has 0 aliphatic carbocycles. The predicted octanol–water partition coefficient (Wildman–Crippen LogP) is 3.16. The molecular formula is C15H25NO2. The topological polar surface area (TPSA) is 30.5 Å². The number of benzene rings is 1. The van der Waals surface area contributed by atoms with Gasteiger partial charge in [0.15, 0.2) is 0 Å². The van der Waals surface area contributed by atoms with E-state index in [0.717, 1.165) is 24.3 Å². The molecule has 3 heteroatoms. The van der Waals surface area contributed by atoms with Gasteiger partial charge in [-0.05, 0) is 32.9 Å². The maximum Gasteiger partial charge on any atom is 0.123 e. The molecule has 0 bridgehead atoms. The van der Waals surface area contributed by atoms with E-state index in [1.165, 1.54) is 0 Å². The molecule has 1 atom stereocenters. The first-order chi connectivity index (χ1) is 8.56. The number of hydrogen-bond donors (Lipinski definition) is 1. The van der Waals surface area contributed by atoms with Crippen LogP contribution in [0.4, 0.5) is 0 Å². The minimum atomic E-state index is -0.288. The van der Waals surface area contributed by atoms with Crippen molar-refractivity contribution in [2.75, 3.05) is 20.8 Å². The summed E-state index contributed by atoms with van der Waals surface area (Å²) in [6.45, 7) is 7.29. The highest BCUT2D eigenvalue weighted by molar-refractivity contribution is 5.37. The Morgan fingerprint density at radius 3 is 2.44 bits per heavy atom. The van der Waals surface area contributed by atoms with Gasteiger partial charge in [0.25, 0.3) is 0 Å². The number of methoxy groups -OCH3 is 2. The van der Waals surface area contributed by atoms with Crippen molar-refractivity contribution in [1.82, 2.24) is 5.32 Å². The van der Waals surface area contributed by atoms with Crippen LogP contribution in [0.25, 0.3) is 0 Å². The second kappa shape index (κ2) is 6.76. The van der Waals surface area contributed by atoms with Crippen LogP contribution in [0, 0.1) is 0 Å². The second-order valence-corrected chi connectivity index (χ2v) is 4.94. The summed E-state index contributed by atoms with van der Waals surface area (Å²) in [5, 5.41) is 3.55. The van der Waals surface area contributed by atoms with Crippen molar-refractivity contribution >= 4 is 0 Å². The Morgan fingerprint density at radius 1 is 1.22 bits per heavy atom. The van der Waals surface area contributed by atoms with Gasteiger partial charge in [-0.3, -0.25) is 0 Å². The normalized spacial score (nSPS) is 13.4. The highest BCUT2D eigenvalue weighted by Gasteiger charge is 2.32. The Morgan fingerprint density at radius 2 is 1.89 bits per heavy atom. The van der Waals surface area contributed by atoms with Crippen molar-refractivity contribution in [3.05, 3.63) is 29.8 Å². The van der Waals surface area contributed by atoms with E-state index in [1.54, 1.807) is 14.2 Å². The van der Waals surface area contributed by atoms with Gasteiger partial charge in [0.05, 0.1) is 18.8 Å². The Balaban J connectivity index is 3.08. The van der Waals surface area contributed by atoms with Crippen LogP contribution in [-0.2, 0) is 4.74 Å². The zero-order valence-corrected chi connectivity index (χ0v) is 12.1. The van der Waals surface area contributed by atoms with Crippen LogP contribution in [0.5, 0.6) is 5.75 Å². The Hall–Kier alpha value is -1.06. The van der Waals surface area contributed by atoms with E-state index in [2.05, 4.69) is 32.2 Å². The molecule has 1 unspecified atom stereocenters. The van der Waals surface area contributed by atoms with E-state index in [1.807, 2.05) is 18.2 Å². The number of rotatable bonds is 7. The van der Waals surface area contributed by atoms with Crippen molar-refractivity contribution in [3.8, 4) is 5.75 Å². The summed E-state index contributed by atoms with van der Waals surface area (Å²) in [4.78, 5) is 0. The summed E-state index contributed by atoms with van der Waals surface area (Å²) in [5.74, 6) is 0.899. The molecule has 0 aromatic heterocycles. The number of nitrogens with one attached hydrogen (secondary N) is 1. The molecule has 0 fully saturated rings. The highest BCUT2D eigenvalue weighted by atomic mass is 16.5. The Kier molecular flexibility index (Phi) is 5.63. The van der Waals surface area contributed by atoms with Gasteiger partial charge >= 0.3 is 0 Å². The minimum absolute atomic E-state index is 0.110. The van der Waals surface area contributed by atoms with Gasteiger partial charge in [0.1, 0.15) is 5.75 Å². The van der Waals surface area contributed by atoms with Crippen molar-refractivity contribution in [1.29, 1.82) is 0 Å². The van der Waals surface area contributed by atoms with E-state index >= 15 is 0 Å². The molecule has 1 aromatic carbocycles. The molecule has 1 rings (SSSR count). The summed E-state index contributed by atoms with van der Waals surface area (Å²) in [5.41, 5.74) is 0.851. The van der Waals surface area contributed by atoms with Gasteiger partial charge in [0, 0.05) is 12.7 Å². The lowest BCUT2D eigenvalue weighted by Gasteiger charge is -2.35. The van der Waals surface area contributed by atoms with Crippen LogP contribution < -0.4 is 10.1 Å². The zero-order chi connectivity index (χ0) is 13.6. The maximum absolute atomic E-state index is 5.63. The maximum atomic E-state index is 5.63. The summed E-state index contributed by atoms with van der Waals surface area (Å²) in [7, 11) is 3.45. The molecule has 102 valence electrons. The van der Waals surface area contributed by atoms with E-state index in [-0.39, 0.29) is 11.6 Å². The lowest BCUT2D eigenvalue weighted by atomic mass is 9.90. The third-order valence-electron chi connectivity index (χ3n) is 3.27. The number of hydrogen-bond acceptors (Lipinski definition) is 3. The van der Waals surface area contributed by atoms with Crippen molar-refractivity contribution in [2.45, 2.75) is 38.8 Å². The average molecular weight is 251 g/mol. The molecule has 0 aliphatic rings. The molecule has 0 saturated carbocycles. The van der Waals surface area contributed by atoms with Crippen molar-refractivity contribution in [3.63, 3.8) is 0 Å². The van der Waals surface area contributed by atoms with Gasteiger partial charge in [-0.1, -0.05) is 25.1 Å². The molecule has 0 saturated heterocycles. The van der Waals surface area contributed by atoms with Gasteiger partial charge < -0.3 is 14.8 Å². The monoisotopic (exact) mass is 251 g/mol.